The van der Waals surface area contributed by atoms with Crippen LogP contribution in [-0.2, 0) is 4.79 Å². The lowest BCUT2D eigenvalue weighted by molar-refractivity contribution is -0.134. The van der Waals surface area contributed by atoms with Gasteiger partial charge in [0.1, 0.15) is 5.75 Å². The van der Waals surface area contributed by atoms with Crippen molar-refractivity contribution in [3.63, 3.8) is 0 Å². The van der Waals surface area contributed by atoms with Crippen LogP contribution in [-0.4, -0.2) is 43.0 Å². The molecule has 0 bridgehead atoms. The molecular weight excluding hydrogens is 280 g/mol. The van der Waals surface area contributed by atoms with Gasteiger partial charge in [-0.05, 0) is 44.4 Å². The number of ether oxygens (including phenoxy) is 1. The molecule has 22 heavy (non-hydrogen) atoms. The molecule has 5 heteroatoms. The monoisotopic (exact) mass is 304 g/mol. The molecule has 1 atom stereocenters. The number of amides is 2. The van der Waals surface area contributed by atoms with Crippen LogP contribution in [0.5, 0.6) is 5.75 Å². The zero-order valence-corrected chi connectivity index (χ0v) is 13.3. The van der Waals surface area contributed by atoms with Crippen molar-refractivity contribution in [2.24, 2.45) is 0 Å². The Hall–Kier alpha value is -2.04. The lowest BCUT2D eigenvalue weighted by Gasteiger charge is -2.33. The van der Waals surface area contributed by atoms with E-state index in [1.54, 1.807) is 31.4 Å². The summed E-state index contributed by atoms with van der Waals surface area (Å²) in [4.78, 5) is 26.2. The summed E-state index contributed by atoms with van der Waals surface area (Å²) < 4.78 is 5.10. The first kappa shape index (κ1) is 16.3. The Morgan fingerprint density at radius 1 is 1.36 bits per heavy atom. The van der Waals surface area contributed by atoms with E-state index in [1.807, 2.05) is 4.90 Å². The highest BCUT2D eigenvalue weighted by Crippen LogP contribution is 2.17. The second-order valence-electron chi connectivity index (χ2n) is 5.67. The Kier molecular flexibility index (Phi) is 5.81. The molecule has 1 heterocycles. The molecule has 0 aromatic heterocycles. The van der Waals surface area contributed by atoms with Crippen LogP contribution in [0.25, 0.3) is 0 Å². The molecule has 1 N–H and O–H groups in total. The maximum absolute atomic E-state index is 12.2. The number of carbonyl (C=O) groups excluding carboxylic acids is 2. The van der Waals surface area contributed by atoms with Crippen LogP contribution in [0.1, 0.15) is 43.0 Å². The normalized spacial score (nSPS) is 17.9. The number of nitrogens with zero attached hydrogens (tertiary/aromatic N) is 1. The molecule has 2 amide bonds. The van der Waals surface area contributed by atoms with Crippen LogP contribution in [0.4, 0.5) is 0 Å². The van der Waals surface area contributed by atoms with Gasteiger partial charge in [-0.2, -0.15) is 0 Å². The van der Waals surface area contributed by atoms with E-state index in [0.29, 0.717) is 30.3 Å². The first-order chi connectivity index (χ1) is 10.6. The molecule has 1 aromatic carbocycles. The molecule has 0 unspecified atom stereocenters. The molecule has 0 aliphatic carbocycles. The van der Waals surface area contributed by atoms with Crippen LogP contribution in [0, 0.1) is 0 Å². The average molecular weight is 304 g/mol. The number of methoxy groups -OCH3 is 1. The fraction of sp³-hybridized carbons (Fsp3) is 0.529. The van der Waals surface area contributed by atoms with Crippen molar-refractivity contribution in [1.29, 1.82) is 0 Å². The lowest BCUT2D eigenvalue weighted by Crippen LogP contribution is -2.43. The Bertz CT molecular complexity index is 530. The molecule has 120 valence electrons. The van der Waals surface area contributed by atoms with Crippen LogP contribution in [0.15, 0.2) is 24.3 Å². The van der Waals surface area contributed by atoms with E-state index in [9.17, 15) is 9.59 Å². The number of piperidine rings is 1. The molecule has 0 radical (unpaired) electrons. The fourth-order valence-corrected chi connectivity index (χ4v) is 2.76. The van der Waals surface area contributed by atoms with E-state index in [1.165, 1.54) is 6.42 Å². The Morgan fingerprint density at radius 3 is 2.91 bits per heavy atom. The van der Waals surface area contributed by atoms with E-state index in [2.05, 4.69) is 12.2 Å². The number of rotatable bonds is 5. The van der Waals surface area contributed by atoms with Crippen molar-refractivity contribution in [3.05, 3.63) is 29.8 Å². The minimum atomic E-state index is -0.182. The third kappa shape index (κ3) is 4.23. The zero-order chi connectivity index (χ0) is 15.9. The third-order valence-electron chi connectivity index (χ3n) is 4.08. The zero-order valence-electron chi connectivity index (χ0n) is 13.3. The first-order valence-electron chi connectivity index (χ1n) is 7.83. The van der Waals surface area contributed by atoms with E-state index < -0.39 is 0 Å². The van der Waals surface area contributed by atoms with Crippen molar-refractivity contribution in [2.75, 3.05) is 20.2 Å². The summed E-state index contributed by atoms with van der Waals surface area (Å²) in [5.41, 5.74) is 0.540. The smallest absolute Gasteiger partial charge is 0.251 e. The molecule has 0 saturated carbocycles. The SMILES string of the molecule is COc1cccc(C(=O)NCCC(=O)N2CCCC[C@H]2C)c1. The lowest BCUT2D eigenvalue weighted by atomic mass is 10.0. The predicted octanol–water partition coefficient (Wildman–Crippen LogP) is 2.22. The Morgan fingerprint density at radius 2 is 2.18 bits per heavy atom. The summed E-state index contributed by atoms with van der Waals surface area (Å²) in [6, 6.07) is 7.29. The van der Waals surface area contributed by atoms with Gasteiger partial charge >= 0.3 is 0 Å². The first-order valence-corrected chi connectivity index (χ1v) is 7.83. The summed E-state index contributed by atoms with van der Waals surface area (Å²) in [5, 5.41) is 2.79. The molecular formula is C17H24N2O3. The number of carbonyl (C=O) groups is 2. The summed E-state index contributed by atoms with van der Waals surface area (Å²) in [6.07, 6.45) is 3.69. The van der Waals surface area contributed by atoms with Crippen LogP contribution >= 0.6 is 0 Å². The summed E-state index contributed by atoms with van der Waals surface area (Å²) >= 11 is 0. The minimum Gasteiger partial charge on any atom is -0.497 e. The van der Waals surface area contributed by atoms with Crippen molar-refractivity contribution in [3.8, 4) is 5.75 Å². The van der Waals surface area contributed by atoms with Gasteiger partial charge in [0.2, 0.25) is 5.91 Å². The molecule has 1 aromatic rings. The van der Waals surface area contributed by atoms with Gasteiger partial charge in [0.15, 0.2) is 0 Å². The highest BCUT2D eigenvalue weighted by Gasteiger charge is 2.22. The van der Waals surface area contributed by atoms with Gasteiger partial charge in [0, 0.05) is 31.1 Å². The largest absolute Gasteiger partial charge is 0.497 e. The number of benzene rings is 1. The Labute approximate surface area is 131 Å². The average Bonchev–Trinajstić information content (AvgIpc) is 2.55. The molecule has 0 spiro atoms. The van der Waals surface area contributed by atoms with Crippen molar-refractivity contribution in [2.45, 2.75) is 38.6 Å². The minimum absolute atomic E-state index is 0.123. The molecule has 1 aliphatic heterocycles. The van der Waals surface area contributed by atoms with Crippen molar-refractivity contribution in [1.82, 2.24) is 10.2 Å². The number of hydrogen-bond acceptors (Lipinski definition) is 3. The molecule has 1 fully saturated rings. The fourth-order valence-electron chi connectivity index (χ4n) is 2.76. The maximum Gasteiger partial charge on any atom is 0.251 e. The van der Waals surface area contributed by atoms with E-state index >= 15 is 0 Å². The molecule has 1 saturated heterocycles. The maximum atomic E-state index is 12.2. The van der Waals surface area contributed by atoms with Crippen LogP contribution in [0.3, 0.4) is 0 Å². The topological polar surface area (TPSA) is 58.6 Å². The second-order valence-corrected chi connectivity index (χ2v) is 5.67. The highest BCUT2D eigenvalue weighted by atomic mass is 16.5. The molecule has 2 rings (SSSR count). The quantitative estimate of drug-likeness (QED) is 0.907. The van der Waals surface area contributed by atoms with E-state index in [4.69, 9.17) is 4.74 Å². The van der Waals surface area contributed by atoms with Gasteiger partial charge < -0.3 is 15.0 Å². The van der Waals surface area contributed by atoms with Crippen LogP contribution < -0.4 is 10.1 Å². The van der Waals surface area contributed by atoms with Gasteiger partial charge in [-0.1, -0.05) is 6.07 Å². The number of likely N-dealkylation sites (tertiary alicyclic amines) is 1. The van der Waals surface area contributed by atoms with Gasteiger partial charge in [0.05, 0.1) is 7.11 Å². The Balaban J connectivity index is 1.80. The van der Waals surface area contributed by atoms with E-state index in [0.717, 1.165) is 19.4 Å². The van der Waals surface area contributed by atoms with Gasteiger partial charge in [0.25, 0.3) is 5.91 Å². The third-order valence-corrected chi connectivity index (χ3v) is 4.08. The predicted molar refractivity (Wildman–Crippen MR) is 85.0 cm³/mol. The second kappa shape index (κ2) is 7.82. The van der Waals surface area contributed by atoms with Gasteiger partial charge in [-0.25, -0.2) is 0 Å². The summed E-state index contributed by atoms with van der Waals surface area (Å²) in [5.74, 6) is 0.586. The number of nitrogens with one attached hydrogen (secondary N) is 1. The standard InChI is InChI=1S/C17H24N2O3/c1-13-6-3-4-11-19(13)16(20)9-10-18-17(21)14-7-5-8-15(12-14)22-2/h5,7-8,12-13H,3-4,6,9-11H2,1-2H3,(H,18,21)/t13-/m1/s1. The number of hydrogen-bond donors (Lipinski definition) is 1. The van der Waals surface area contributed by atoms with Crippen molar-refractivity contribution < 1.29 is 14.3 Å². The molecule has 1 aliphatic rings. The van der Waals surface area contributed by atoms with Gasteiger partial charge in [-0.15, -0.1) is 0 Å². The summed E-state index contributed by atoms with van der Waals surface area (Å²) in [7, 11) is 1.56. The van der Waals surface area contributed by atoms with Crippen LogP contribution in [0.2, 0.25) is 0 Å². The highest BCUT2D eigenvalue weighted by molar-refractivity contribution is 5.94. The van der Waals surface area contributed by atoms with Crippen molar-refractivity contribution >= 4 is 11.8 Å². The van der Waals surface area contributed by atoms with Gasteiger partial charge in [-0.3, -0.25) is 9.59 Å². The molecule has 5 nitrogen and oxygen atoms in total. The van der Waals surface area contributed by atoms with E-state index in [-0.39, 0.29) is 11.8 Å². The summed E-state index contributed by atoms with van der Waals surface area (Å²) in [6.45, 7) is 3.29.